The minimum atomic E-state index is -0.253. The molecule has 1 aliphatic rings. The third-order valence-corrected chi connectivity index (χ3v) is 2.24. The Bertz CT molecular complexity index is 174. The summed E-state index contributed by atoms with van der Waals surface area (Å²) in [5.74, 6) is 0.220. The van der Waals surface area contributed by atoms with E-state index in [4.69, 9.17) is 0 Å². The lowest BCUT2D eigenvalue weighted by Crippen LogP contribution is -2.15. The first-order valence-corrected chi connectivity index (χ1v) is 3.36. The second-order valence-corrected chi connectivity index (χ2v) is 2.96. The molecule has 0 bridgehead atoms. The number of methoxy groups -OCH3 is 1. The molecule has 0 aromatic carbocycles. The molecule has 2 nitrogen and oxygen atoms in total. The molecule has 1 fully saturated rings. The molecule has 1 saturated carbocycles. The van der Waals surface area contributed by atoms with Gasteiger partial charge in [0, 0.05) is 0 Å². The van der Waals surface area contributed by atoms with E-state index in [1.807, 2.05) is 13.0 Å². The molecule has 1 aliphatic carbocycles. The van der Waals surface area contributed by atoms with E-state index >= 15 is 0 Å². The normalized spacial score (nSPS) is 36.8. The van der Waals surface area contributed by atoms with Gasteiger partial charge < -0.3 is 4.74 Å². The van der Waals surface area contributed by atoms with Crippen molar-refractivity contribution >= 4 is 5.97 Å². The summed E-state index contributed by atoms with van der Waals surface area (Å²) in [5.41, 5.74) is -0.253. The maximum Gasteiger partial charge on any atom is 0.312 e. The van der Waals surface area contributed by atoms with E-state index in [0.717, 1.165) is 6.42 Å². The number of ether oxygens (including phenoxy) is 1. The average Bonchev–Trinajstić information content (AvgIpc) is 2.61. The van der Waals surface area contributed by atoms with Crippen molar-refractivity contribution in [1.29, 1.82) is 0 Å². The minimum Gasteiger partial charge on any atom is -0.469 e. The van der Waals surface area contributed by atoms with Gasteiger partial charge in [0.1, 0.15) is 0 Å². The van der Waals surface area contributed by atoms with Gasteiger partial charge in [-0.25, -0.2) is 0 Å². The Kier molecular flexibility index (Phi) is 1.55. The van der Waals surface area contributed by atoms with Gasteiger partial charge in [0.2, 0.25) is 0 Å². The van der Waals surface area contributed by atoms with E-state index in [9.17, 15) is 4.79 Å². The van der Waals surface area contributed by atoms with Crippen molar-refractivity contribution in [2.75, 3.05) is 7.11 Å². The van der Waals surface area contributed by atoms with Crippen LogP contribution in [0.15, 0.2) is 12.7 Å². The molecule has 2 heteroatoms. The molecule has 0 radical (unpaired) electrons. The smallest absolute Gasteiger partial charge is 0.312 e. The molecule has 0 aliphatic heterocycles. The van der Waals surface area contributed by atoms with Gasteiger partial charge in [0.15, 0.2) is 0 Å². The first-order valence-electron chi connectivity index (χ1n) is 3.36. The first-order chi connectivity index (χ1) is 4.65. The molecule has 0 aromatic heterocycles. The Labute approximate surface area is 60.9 Å². The van der Waals surface area contributed by atoms with E-state index in [2.05, 4.69) is 11.3 Å². The SMILES string of the molecule is C=C[C@H]1C[C@]1(C)C(=O)OC. The van der Waals surface area contributed by atoms with Gasteiger partial charge in [-0.2, -0.15) is 0 Å². The van der Waals surface area contributed by atoms with Crippen LogP contribution in [0.1, 0.15) is 13.3 Å². The molecule has 56 valence electrons. The fourth-order valence-electron chi connectivity index (χ4n) is 1.21. The summed E-state index contributed by atoms with van der Waals surface area (Å²) in [5, 5.41) is 0. The fourth-order valence-corrected chi connectivity index (χ4v) is 1.21. The van der Waals surface area contributed by atoms with Gasteiger partial charge in [-0.15, -0.1) is 6.58 Å². The Morgan fingerprint density at radius 2 is 2.50 bits per heavy atom. The number of hydrogen-bond donors (Lipinski definition) is 0. The van der Waals surface area contributed by atoms with Gasteiger partial charge in [0.05, 0.1) is 12.5 Å². The monoisotopic (exact) mass is 140 g/mol. The van der Waals surface area contributed by atoms with Crippen LogP contribution < -0.4 is 0 Å². The highest BCUT2D eigenvalue weighted by Gasteiger charge is 2.55. The average molecular weight is 140 g/mol. The number of carbonyl (C=O) groups is 1. The lowest BCUT2D eigenvalue weighted by molar-refractivity contribution is -0.146. The highest BCUT2D eigenvalue weighted by molar-refractivity contribution is 5.80. The molecule has 0 heterocycles. The van der Waals surface area contributed by atoms with Crippen LogP contribution in [-0.4, -0.2) is 13.1 Å². The zero-order chi connectivity index (χ0) is 7.78. The number of carbonyl (C=O) groups excluding carboxylic acids is 1. The zero-order valence-electron chi connectivity index (χ0n) is 6.39. The lowest BCUT2D eigenvalue weighted by atomic mass is 10.1. The van der Waals surface area contributed by atoms with Crippen molar-refractivity contribution < 1.29 is 9.53 Å². The van der Waals surface area contributed by atoms with Crippen LogP contribution >= 0.6 is 0 Å². The predicted octanol–water partition coefficient (Wildman–Crippen LogP) is 1.37. The minimum absolute atomic E-state index is 0.114. The lowest BCUT2D eigenvalue weighted by Gasteiger charge is -2.04. The summed E-state index contributed by atoms with van der Waals surface area (Å²) >= 11 is 0. The number of allylic oxidation sites excluding steroid dienone is 1. The van der Waals surface area contributed by atoms with Crippen molar-refractivity contribution in [3.63, 3.8) is 0 Å². The summed E-state index contributed by atoms with van der Waals surface area (Å²) in [7, 11) is 1.42. The molecule has 0 unspecified atom stereocenters. The van der Waals surface area contributed by atoms with E-state index in [1.54, 1.807) is 0 Å². The van der Waals surface area contributed by atoms with E-state index in [0.29, 0.717) is 5.92 Å². The predicted molar refractivity (Wildman–Crippen MR) is 38.4 cm³/mol. The van der Waals surface area contributed by atoms with Crippen LogP contribution in [-0.2, 0) is 9.53 Å². The van der Waals surface area contributed by atoms with Crippen LogP contribution in [0.25, 0.3) is 0 Å². The number of hydrogen-bond acceptors (Lipinski definition) is 2. The first kappa shape index (κ1) is 7.32. The summed E-state index contributed by atoms with van der Waals surface area (Å²) in [6.07, 6.45) is 2.71. The van der Waals surface area contributed by atoms with Crippen molar-refractivity contribution in [3.05, 3.63) is 12.7 Å². The third-order valence-electron chi connectivity index (χ3n) is 2.24. The summed E-state index contributed by atoms with van der Waals surface area (Å²) < 4.78 is 4.62. The maximum absolute atomic E-state index is 11.0. The molecule has 0 aromatic rings. The highest BCUT2D eigenvalue weighted by Crippen LogP contribution is 2.53. The van der Waals surface area contributed by atoms with Crippen molar-refractivity contribution in [3.8, 4) is 0 Å². The van der Waals surface area contributed by atoms with Crippen LogP contribution in [0.2, 0.25) is 0 Å². The van der Waals surface area contributed by atoms with Gasteiger partial charge in [-0.1, -0.05) is 6.08 Å². The second kappa shape index (κ2) is 2.11. The van der Waals surface area contributed by atoms with Crippen molar-refractivity contribution in [2.45, 2.75) is 13.3 Å². The summed E-state index contributed by atoms with van der Waals surface area (Å²) in [4.78, 5) is 11.0. The number of esters is 1. The second-order valence-electron chi connectivity index (χ2n) is 2.96. The molecule has 1 rings (SSSR count). The molecular formula is C8H12O2. The summed E-state index contributed by atoms with van der Waals surface area (Å²) in [6.45, 7) is 5.53. The Hall–Kier alpha value is -0.790. The fraction of sp³-hybridized carbons (Fsp3) is 0.625. The molecule has 2 atom stereocenters. The van der Waals surface area contributed by atoms with E-state index in [1.165, 1.54) is 7.11 Å². The summed E-state index contributed by atoms with van der Waals surface area (Å²) in [6, 6.07) is 0. The third kappa shape index (κ3) is 0.838. The van der Waals surface area contributed by atoms with Gasteiger partial charge in [0.25, 0.3) is 0 Å². The van der Waals surface area contributed by atoms with Gasteiger partial charge in [-0.05, 0) is 19.3 Å². The van der Waals surface area contributed by atoms with Crippen molar-refractivity contribution in [2.24, 2.45) is 11.3 Å². The van der Waals surface area contributed by atoms with Gasteiger partial charge >= 0.3 is 5.97 Å². The maximum atomic E-state index is 11.0. The van der Waals surface area contributed by atoms with Crippen LogP contribution in [0, 0.1) is 11.3 Å². The van der Waals surface area contributed by atoms with Crippen LogP contribution in [0.5, 0.6) is 0 Å². The van der Waals surface area contributed by atoms with Gasteiger partial charge in [-0.3, -0.25) is 4.79 Å². The largest absolute Gasteiger partial charge is 0.469 e. The Morgan fingerprint density at radius 1 is 1.90 bits per heavy atom. The topological polar surface area (TPSA) is 26.3 Å². The van der Waals surface area contributed by atoms with Crippen LogP contribution in [0.3, 0.4) is 0 Å². The molecule has 0 saturated heterocycles. The highest BCUT2D eigenvalue weighted by atomic mass is 16.5. The van der Waals surface area contributed by atoms with E-state index in [-0.39, 0.29) is 11.4 Å². The van der Waals surface area contributed by atoms with Crippen LogP contribution in [0.4, 0.5) is 0 Å². The Balaban J connectivity index is 2.58. The zero-order valence-corrected chi connectivity index (χ0v) is 6.39. The standard InChI is InChI=1S/C8H12O2/c1-4-6-5-8(6,2)7(9)10-3/h4,6H,1,5H2,2-3H3/t6-,8-/m0/s1. The molecule has 0 amide bonds. The quantitative estimate of drug-likeness (QED) is 0.427. The molecule has 10 heavy (non-hydrogen) atoms. The molecular weight excluding hydrogens is 128 g/mol. The van der Waals surface area contributed by atoms with Crippen molar-refractivity contribution in [1.82, 2.24) is 0 Å². The molecule has 0 N–H and O–H groups in total. The van der Waals surface area contributed by atoms with E-state index < -0.39 is 0 Å². The number of rotatable bonds is 2. The molecule has 0 spiro atoms. The Morgan fingerprint density at radius 3 is 2.80 bits per heavy atom.